The van der Waals surface area contributed by atoms with E-state index in [-0.39, 0.29) is 5.41 Å². The Hall–Kier alpha value is -6.98. The van der Waals surface area contributed by atoms with E-state index in [0.717, 1.165) is 23.0 Å². The van der Waals surface area contributed by atoms with Crippen LogP contribution in [0.25, 0.3) is 61.3 Å². The average molecular weight is 789 g/mol. The molecule has 0 fully saturated rings. The second kappa shape index (κ2) is 10.7. The standard InChI is InChI=1S/C56H44N4O/c1-29-22-31(3)48(32(4)23-29)35-26-43-44-28-37(49-33(5)24-30(2)25-34(49)6)50-36-14-9-11-16-40(36)57-42-18-13-19-45-51(42)56(60(44)54(50)57)52-46(61-45)21-20-39-53(52)58(47(27-35)59(43)56)41-17-12-10-15-38(41)55(39,7)8/h9-28H,1-8H3/q+2. The van der Waals surface area contributed by atoms with E-state index < -0.39 is 5.66 Å². The minimum atomic E-state index is -0.780. The van der Waals surface area contributed by atoms with Gasteiger partial charge in [0.15, 0.2) is 17.1 Å². The molecule has 61 heavy (non-hydrogen) atoms. The van der Waals surface area contributed by atoms with Crippen molar-refractivity contribution in [2.45, 2.75) is 66.5 Å². The van der Waals surface area contributed by atoms with Crippen molar-refractivity contribution in [2.24, 2.45) is 0 Å². The maximum absolute atomic E-state index is 7.23. The highest BCUT2D eigenvalue weighted by atomic mass is 16.5. The molecule has 0 amide bonds. The number of aromatic nitrogens is 3. The smallest absolute Gasteiger partial charge is 0.323 e. The van der Waals surface area contributed by atoms with E-state index in [2.05, 4.69) is 195 Å². The van der Waals surface area contributed by atoms with Crippen LogP contribution in [0.2, 0.25) is 0 Å². The summed E-state index contributed by atoms with van der Waals surface area (Å²) in [6.45, 7) is 18.4. The molecule has 5 nitrogen and oxygen atoms in total. The van der Waals surface area contributed by atoms with E-state index in [9.17, 15) is 0 Å². The molecule has 0 N–H and O–H groups in total. The highest BCUT2D eigenvalue weighted by Gasteiger charge is 2.71. The predicted molar refractivity (Wildman–Crippen MR) is 244 cm³/mol. The Morgan fingerprint density at radius 1 is 0.557 bits per heavy atom. The minimum Gasteiger partial charge on any atom is -0.456 e. The molecule has 0 aliphatic carbocycles. The first-order valence-electron chi connectivity index (χ1n) is 21.7. The molecule has 0 radical (unpaired) electrons. The first-order valence-corrected chi connectivity index (χ1v) is 21.7. The molecule has 8 heterocycles. The normalized spacial score (nSPS) is 17.1. The molecule has 9 aromatic rings. The summed E-state index contributed by atoms with van der Waals surface area (Å²) < 4.78 is 15.2. The van der Waals surface area contributed by atoms with Gasteiger partial charge >= 0.3 is 11.3 Å². The zero-order valence-corrected chi connectivity index (χ0v) is 35.7. The van der Waals surface area contributed by atoms with Gasteiger partial charge in [-0.05, 0) is 129 Å². The summed E-state index contributed by atoms with van der Waals surface area (Å²) in [4.78, 5) is 2.59. The summed E-state index contributed by atoms with van der Waals surface area (Å²) in [6, 6.07) is 46.4. The van der Waals surface area contributed by atoms with E-state index in [1.807, 2.05) is 0 Å². The van der Waals surface area contributed by atoms with Crippen molar-refractivity contribution in [3.63, 3.8) is 0 Å². The molecule has 5 aliphatic rings. The number of fused-ring (bicyclic) bond motifs is 8. The lowest BCUT2D eigenvalue weighted by molar-refractivity contribution is -0.925. The van der Waals surface area contributed by atoms with Crippen molar-refractivity contribution >= 4 is 39.1 Å². The van der Waals surface area contributed by atoms with Crippen LogP contribution in [0, 0.1) is 41.5 Å². The van der Waals surface area contributed by atoms with Crippen LogP contribution in [0.5, 0.6) is 11.5 Å². The minimum absolute atomic E-state index is 0.268. The Bertz CT molecular complexity index is 3580. The SMILES string of the molecule is Cc1cc(C)c(-c2cc3[n+]4c(c2)N2c5ccccc5C(C)(C)c5ccc6c(c52)C42c4c(cccc4-n4c5ccccc5c5c(-c7c(C)cc(C)cc7C)cc-3[n+]2c54)O6)c(C)c1. The van der Waals surface area contributed by atoms with Crippen LogP contribution in [0.3, 0.4) is 0 Å². The third kappa shape index (κ3) is 3.67. The predicted octanol–water partition coefficient (Wildman–Crippen LogP) is 12.7. The van der Waals surface area contributed by atoms with Crippen molar-refractivity contribution in [1.82, 2.24) is 4.57 Å². The lowest BCUT2D eigenvalue weighted by atomic mass is 9.70. The fourth-order valence-corrected chi connectivity index (χ4v) is 13.1. The molecule has 6 aromatic carbocycles. The third-order valence-electron chi connectivity index (χ3n) is 15.0. The molecule has 14 rings (SSSR count). The van der Waals surface area contributed by atoms with Crippen molar-refractivity contribution < 1.29 is 13.9 Å². The number of anilines is 3. The van der Waals surface area contributed by atoms with E-state index >= 15 is 0 Å². The second-order valence-corrected chi connectivity index (χ2v) is 18.9. The molecule has 3 aromatic heterocycles. The van der Waals surface area contributed by atoms with Crippen LogP contribution in [-0.4, -0.2) is 4.57 Å². The number of benzene rings is 6. The van der Waals surface area contributed by atoms with Crippen molar-refractivity contribution in [2.75, 3.05) is 4.90 Å². The Morgan fingerprint density at radius 2 is 1.21 bits per heavy atom. The van der Waals surface area contributed by atoms with Gasteiger partial charge in [0.2, 0.25) is 0 Å². The number of rotatable bonds is 2. The van der Waals surface area contributed by atoms with Gasteiger partial charge in [0.25, 0.3) is 5.82 Å². The maximum Gasteiger partial charge on any atom is 0.323 e. The lowest BCUT2D eigenvalue weighted by Crippen LogP contribution is -2.75. The van der Waals surface area contributed by atoms with Crippen LogP contribution in [0.1, 0.15) is 69.5 Å². The van der Waals surface area contributed by atoms with Gasteiger partial charge in [0, 0.05) is 33.6 Å². The van der Waals surface area contributed by atoms with Gasteiger partial charge in [0.1, 0.15) is 39.5 Å². The first-order chi connectivity index (χ1) is 29.5. The number of nitrogens with zero attached hydrogens (tertiary/aromatic N) is 4. The van der Waals surface area contributed by atoms with Gasteiger partial charge in [0.05, 0.1) is 5.39 Å². The molecule has 0 bridgehead atoms. The summed E-state index contributed by atoms with van der Waals surface area (Å²) in [7, 11) is 0. The molecule has 292 valence electrons. The molecule has 5 heteroatoms. The maximum atomic E-state index is 7.23. The summed E-state index contributed by atoms with van der Waals surface area (Å²) in [6.07, 6.45) is 0. The number of pyridine rings is 2. The van der Waals surface area contributed by atoms with Crippen LogP contribution in [0.15, 0.2) is 121 Å². The van der Waals surface area contributed by atoms with Crippen LogP contribution in [-0.2, 0) is 11.1 Å². The van der Waals surface area contributed by atoms with Crippen LogP contribution >= 0.6 is 0 Å². The quantitative estimate of drug-likeness (QED) is 0.163. The van der Waals surface area contributed by atoms with Crippen molar-refractivity contribution in [3.05, 3.63) is 177 Å². The van der Waals surface area contributed by atoms with Gasteiger partial charge in [-0.1, -0.05) is 91.7 Å². The fourth-order valence-electron chi connectivity index (χ4n) is 13.1. The molecule has 1 unspecified atom stereocenters. The number of ether oxygens (including phenoxy) is 1. The summed E-state index contributed by atoms with van der Waals surface area (Å²) in [5, 5.41) is 2.54. The van der Waals surface area contributed by atoms with Gasteiger partial charge in [-0.2, -0.15) is 18.6 Å². The number of hydrogen-bond donors (Lipinski definition) is 0. The van der Waals surface area contributed by atoms with E-state index in [0.29, 0.717) is 0 Å². The van der Waals surface area contributed by atoms with Crippen molar-refractivity contribution in [3.8, 4) is 50.8 Å². The summed E-state index contributed by atoms with van der Waals surface area (Å²) in [5.41, 5.74) is 25.3. The molecule has 1 atom stereocenters. The Kier molecular flexibility index (Phi) is 5.91. The Labute approximate surface area is 355 Å². The average Bonchev–Trinajstić information content (AvgIpc) is 3.71. The van der Waals surface area contributed by atoms with E-state index in [1.54, 1.807) is 0 Å². The Balaban J connectivity index is 1.28. The molecule has 0 saturated carbocycles. The number of para-hydroxylation sites is 2. The van der Waals surface area contributed by atoms with Gasteiger partial charge in [-0.3, -0.25) is 0 Å². The summed E-state index contributed by atoms with van der Waals surface area (Å²) in [5.74, 6) is 2.97. The topological polar surface area (TPSA) is 25.2 Å². The lowest BCUT2D eigenvalue weighted by Gasteiger charge is -2.46. The molecule has 0 saturated heterocycles. The fraction of sp³-hybridized carbons (Fsp3) is 0.179. The molecular weight excluding hydrogens is 745 g/mol. The van der Waals surface area contributed by atoms with Gasteiger partial charge in [-0.15, -0.1) is 0 Å². The van der Waals surface area contributed by atoms with Crippen molar-refractivity contribution in [1.29, 1.82) is 0 Å². The van der Waals surface area contributed by atoms with Gasteiger partial charge < -0.3 is 4.74 Å². The highest BCUT2D eigenvalue weighted by molar-refractivity contribution is 6.15. The molecule has 5 aliphatic heterocycles. The highest BCUT2D eigenvalue weighted by Crippen LogP contribution is 2.65. The molecule has 1 spiro atoms. The monoisotopic (exact) mass is 788 g/mol. The van der Waals surface area contributed by atoms with Crippen LogP contribution in [0.4, 0.5) is 17.2 Å². The van der Waals surface area contributed by atoms with E-state index in [4.69, 9.17) is 4.74 Å². The summed E-state index contributed by atoms with van der Waals surface area (Å²) >= 11 is 0. The molecular formula is C56H44N4O+2. The number of hydrogen-bond acceptors (Lipinski definition) is 2. The third-order valence-corrected chi connectivity index (χ3v) is 15.0. The largest absolute Gasteiger partial charge is 0.456 e. The van der Waals surface area contributed by atoms with Gasteiger partial charge in [-0.25, -0.2) is 0 Å². The zero-order chi connectivity index (χ0) is 41.2. The number of aryl methyl sites for hydroxylation is 6. The van der Waals surface area contributed by atoms with E-state index in [1.165, 1.54) is 123 Å². The first kappa shape index (κ1) is 33.8. The zero-order valence-electron chi connectivity index (χ0n) is 35.7. The van der Waals surface area contributed by atoms with Crippen LogP contribution < -0.4 is 18.8 Å². The Morgan fingerprint density at radius 3 is 1.98 bits per heavy atom. The second-order valence-electron chi connectivity index (χ2n) is 18.9.